The topological polar surface area (TPSA) is 77.8 Å². The summed E-state index contributed by atoms with van der Waals surface area (Å²) in [5, 5.41) is 15.1. The SMILES string of the molecule is Cc1ccccc1CNC(=O)c1cc(Nc2cccc(C#N)c2)ccn1. The lowest BCUT2D eigenvalue weighted by Gasteiger charge is -2.10. The number of benzene rings is 2. The van der Waals surface area contributed by atoms with Gasteiger partial charge in [-0.25, -0.2) is 0 Å². The van der Waals surface area contributed by atoms with E-state index in [4.69, 9.17) is 5.26 Å². The second-order valence-electron chi connectivity index (χ2n) is 5.86. The maximum Gasteiger partial charge on any atom is 0.270 e. The van der Waals surface area contributed by atoms with E-state index in [1.54, 1.807) is 36.5 Å². The quantitative estimate of drug-likeness (QED) is 0.736. The minimum atomic E-state index is -0.234. The number of nitrogens with zero attached hydrogens (tertiary/aromatic N) is 2. The van der Waals surface area contributed by atoms with Gasteiger partial charge in [-0.3, -0.25) is 9.78 Å². The standard InChI is InChI=1S/C21H18N4O/c1-15-5-2-3-7-17(15)14-24-21(26)20-12-19(9-10-23-20)25-18-8-4-6-16(11-18)13-22/h2-12H,14H2,1H3,(H,23,25)(H,24,26). The molecule has 0 aliphatic carbocycles. The van der Waals surface area contributed by atoms with Gasteiger partial charge in [-0.1, -0.05) is 30.3 Å². The number of carbonyl (C=O) groups excluding carboxylic acids is 1. The summed E-state index contributed by atoms with van der Waals surface area (Å²) in [5.74, 6) is -0.234. The third-order valence-electron chi connectivity index (χ3n) is 3.97. The van der Waals surface area contributed by atoms with Gasteiger partial charge in [0.1, 0.15) is 5.69 Å². The van der Waals surface area contributed by atoms with Crippen LogP contribution in [0.4, 0.5) is 11.4 Å². The van der Waals surface area contributed by atoms with Crippen LogP contribution in [0.3, 0.4) is 0 Å². The normalized spacial score (nSPS) is 10.0. The van der Waals surface area contributed by atoms with Gasteiger partial charge in [-0.05, 0) is 48.4 Å². The maximum absolute atomic E-state index is 12.4. The van der Waals surface area contributed by atoms with E-state index in [1.807, 2.05) is 37.3 Å². The number of carbonyl (C=O) groups is 1. The van der Waals surface area contributed by atoms with E-state index in [2.05, 4.69) is 21.7 Å². The zero-order valence-corrected chi connectivity index (χ0v) is 14.4. The van der Waals surface area contributed by atoms with Gasteiger partial charge < -0.3 is 10.6 Å². The smallest absolute Gasteiger partial charge is 0.270 e. The lowest BCUT2D eigenvalue weighted by atomic mass is 10.1. The van der Waals surface area contributed by atoms with Gasteiger partial charge in [-0.15, -0.1) is 0 Å². The minimum Gasteiger partial charge on any atom is -0.355 e. The summed E-state index contributed by atoms with van der Waals surface area (Å²) < 4.78 is 0. The van der Waals surface area contributed by atoms with Gasteiger partial charge in [-0.2, -0.15) is 5.26 Å². The van der Waals surface area contributed by atoms with Crippen molar-refractivity contribution in [3.63, 3.8) is 0 Å². The van der Waals surface area contributed by atoms with E-state index < -0.39 is 0 Å². The van der Waals surface area contributed by atoms with Crippen LogP contribution in [0.1, 0.15) is 27.2 Å². The number of rotatable bonds is 5. The second kappa shape index (κ2) is 7.95. The number of amides is 1. The molecule has 1 aromatic heterocycles. The molecule has 0 saturated heterocycles. The highest BCUT2D eigenvalue weighted by Gasteiger charge is 2.09. The number of nitrogens with one attached hydrogen (secondary N) is 2. The second-order valence-corrected chi connectivity index (χ2v) is 5.86. The van der Waals surface area contributed by atoms with Crippen molar-refractivity contribution in [3.05, 3.63) is 89.2 Å². The number of hydrogen-bond donors (Lipinski definition) is 2. The molecule has 0 bridgehead atoms. The molecule has 0 atom stereocenters. The summed E-state index contributed by atoms with van der Waals surface area (Å²) in [7, 11) is 0. The Kier molecular flexibility index (Phi) is 5.25. The molecule has 0 fully saturated rings. The molecule has 3 rings (SSSR count). The molecule has 0 spiro atoms. The Bertz CT molecular complexity index is 975. The number of aryl methyl sites for hydroxylation is 1. The van der Waals surface area contributed by atoms with Crippen molar-refractivity contribution in [1.29, 1.82) is 5.26 Å². The average molecular weight is 342 g/mol. The predicted molar refractivity (Wildman–Crippen MR) is 101 cm³/mol. The molecule has 2 aromatic carbocycles. The van der Waals surface area contributed by atoms with Crippen molar-refractivity contribution in [2.45, 2.75) is 13.5 Å². The van der Waals surface area contributed by atoms with E-state index >= 15 is 0 Å². The summed E-state index contributed by atoms with van der Waals surface area (Å²) in [4.78, 5) is 16.5. The first-order valence-corrected chi connectivity index (χ1v) is 8.21. The molecule has 128 valence electrons. The van der Waals surface area contributed by atoms with Gasteiger partial charge >= 0.3 is 0 Å². The van der Waals surface area contributed by atoms with Crippen molar-refractivity contribution in [2.75, 3.05) is 5.32 Å². The Balaban J connectivity index is 1.69. The Hall–Kier alpha value is -3.65. The van der Waals surface area contributed by atoms with Crippen molar-refractivity contribution < 1.29 is 4.79 Å². The van der Waals surface area contributed by atoms with E-state index in [9.17, 15) is 4.79 Å². The first-order valence-electron chi connectivity index (χ1n) is 8.21. The summed E-state index contributed by atoms with van der Waals surface area (Å²) in [6.45, 7) is 2.47. The molecular weight excluding hydrogens is 324 g/mol. The Morgan fingerprint density at radius 2 is 1.88 bits per heavy atom. The highest BCUT2D eigenvalue weighted by atomic mass is 16.1. The molecule has 1 amide bonds. The summed E-state index contributed by atoms with van der Waals surface area (Å²) in [5.41, 5.74) is 4.62. The zero-order chi connectivity index (χ0) is 18.4. The summed E-state index contributed by atoms with van der Waals surface area (Å²) in [6, 6.07) is 20.6. The average Bonchev–Trinajstić information content (AvgIpc) is 2.67. The molecular formula is C21H18N4O. The first kappa shape index (κ1) is 17.2. The fraction of sp³-hybridized carbons (Fsp3) is 0.0952. The highest BCUT2D eigenvalue weighted by Crippen LogP contribution is 2.18. The predicted octanol–water partition coefficient (Wildman–Crippen LogP) is 3.94. The number of nitriles is 1. The zero-order valence-electron chi connectivity index (χ0n) is 14.4. The van der Waals surface area contributed by atoms with Crippen molar-refractivity contribution >= 4 is 17.3 Å². The van der Waals surface area contributed by atoms with Crippen LogP contribution in [0.5, 0.6) is 0 Å². The van der Waals surface area contributed by atoms with E-state index in [-0.39, 0.29) is 5.91 Å². The van der Waals surface area contributed by atoms with Gasteiger partial charge in [0.2, 0.25) is 0 Å². The van der Waals surface area contributed by atoms with Crippen LogP contribution in [0, 0.1) is 18.3 Å². The van der Waals surface area contributed by atoms with Gasteiger partial charge in [0.25, 0.3) is 5.91 Å². The third kappa shape index (κ3) is 4.25. The number of aromatic nitrogens is 1. The van der Waals surface area contributed by atoms with Gasteiger partial charge in [0.15, 0.2) is 0 Å². The lowest BCUT2D eigenvalue weighted by molar-refractivity contribution is 0.0946. The van der Waals surface area contributed by atoms with Gasteiger partial charge in [0, 0.05) is 24.1 Å². The molecule has 0 radical (unpaired) electrons. The lowest BCUT2D eigenvalue weighted by Crippen LogP contribution is -2.24. The number of pyridine rings is 1. The van der Waals surface area contributed by atoms with Crippen LogP contribution < -0.4 is 10.6 Å². The van der Waals surface area contributed by atoms with Gasteiger partial charge in [0.05, 0.1) is 11.6 Å². The fourth-order valence-electron chi connectivity index (χ4n) is 2.54. The van der Waals surface area contributed by atoms with Crippen molar-refractivity contribution in [3.8, 4) is 6.07 Å². The first-order chi connectivity index (χ1) is 12.7. The van der Waals surface area contributed by atoms with Crippen LogP contribution in [0.25, 0.3) is 0 Å². The van der Waals surface area contributed by atoms with Crippen molar-refractivity contribution in [1.82, 2.24) is 10.3 Å². The fourth-order valence-corrected chi connectivity index (χ4v) is 2.54. The van der Waals surface area contributed by atoms with E-state index in [0.29, 0.717) is 17.8 Å². The Morgan fingerprint density at radius 1 is 1.08 bits per heavy atom. The molecule has 3 aromatic rings. The third-order valence-corrected chi connectivity index (χ3v) is 3.97. The molecule has 0 saturated carbocycles. The van der Waals surface area contributed by atoms with Crippen LogP contribution in [-0.2, 0) is 6.54 Å². The monoisotopic (exact) mass is 342 g/mol. The number of hydrogen-bond acceptors (Lipinski definition) is 4. The van der Waals surface area contributed by atoms with E-state index in [0.717, 1.165) is 22.5 Å². The van der Waals surface area contributed by atoms with Crippen LogP contribution in [-0.4, -0.2) is 10.9 Å². The van der Waals surface area contributed by atoms with Crippen LogP contribution in [0.15, 0.2) is 66.9 Å². The minimum absolute atomic E-state index is 0.234. The van der Waals surface area contributed by atoms with Crippen LogP contribution >= 0.6 is 0 Å². The maximum atomic E-state index is 12.4. The molecule has 5 nitrogen and oxygen atoms in total. The molecule has 5 heteroatoms. The summed E-state index contributed by atoms with van der Waals surface area (Å²) >= 11 is 0. The molecule has 26 heavy (non-hydrogen) atoms. The Labute approximate surface area is 152 Å². The molecule has 1 heterocycles. The largest absolute Gasteiger partial charge is 0.355 e. The molecule has 0 aliphatic heterocycles. The highest BCUT2D eigenvalue weighted by molar-refractivity contribution is 5.93. The van der Waals surface area contributed by atoms with Crippen molar-refractivity contribution in [2.24, 2.45) is 0 Å². The summed E-state index contributed by atoms with van der Waals surface area (Å²) in [6.07, 6.45) is 1.58. The molecule has 2 N–H and O–H groups in total. The molecule has 0 aliphatic rings. The van der Waals surface area contributed by atoms with Crippen LogP contribution in [0.2, 0.25) is 0 Å². The van der Waals surface area contributed by atoms with E-state index in [1.165, 1.54) is 0 Å². The number of anilines is 2. The Morgan fingerprint density at radius 3 is 2.69 bits per heavy atom. The molecule has 0 unspecified atom stereocenters.